The fraction of sp³-hybridized carbons (Fsp3) is 0.474. The molecular formula is C19H25N5S. The quantitative estimate of drug-likeness (QED) is 0.706. The Morgan fingerprint density at radius 2 is 2.28 bits per heavy atom. The van der Waals surface area contributed by atoms with Crippen LogP contribution in [0, 0.1) is 0 Å². The van der Waals surface area contributed by atoms with E-state index in [1.807, 2.05) is 18.5 Å². The van der Waals surface area contributed by atoms with Crippen molar-refractivity contribution in [3.8, 4) is 0 Å². The van der Waals surface area contributed by atoms with Crippen LogP contribution in [0.1, 0.15) is 37.1 Å². The van der Waals surface area contributed by atoms with Gasteiger partial charge in [-0.1, -0.05) is 11.8 Å². The summed E-state index contributed by atoms with van der Waals surface area (Å²) in [6.07, 6.45) is 8.48. The fourth-order valence-corrected chi connectivity index (χ4v) is 4.53. The summed E-state index contributed by atoms with van der Waals surface area (Å²) in [5.74, 6) is 0.556. The highest BCUT2D eigenvalue weighted by atomic mass is 32.2. The molecule has 1 N–H and O–H groups in total. The molecule has 6 heteroatoms. The second-order valence-corrected chi connectivity index (χ2v) is 7.49. The van der Waals surface area contributed by atoms with Crippen molar-refractivity contribution in [3.05, 3.63) is 42.0 Å². The van der Waals surface area contributed by atoms with Crippen LogP contribution >= 0.6 is 11.8 Å². The zero-order valence-electron chi connectivity index (χ0n) is 14.9. The summed E-state index contributed by atoms with van der Waals surface area (Å²) in [7, 11) is 0. The number of aromatic amines is 1. The molecule has 0 bridgehead atoms. The molecule has 0 amide bonds. The summed E-state index contributed by atoms with van der Waals surface area (Å²) >= 11 is 1.72. The molecule has 1 fully saturated rings. The van der Waals surface area contributed by atoms with E-state index < -0.39 is 0 Å². The van der Waals surface area contributed by atoms with Crippen molar-refractivity contribution in [2.45, 2.75) is 43.9 Å². The number of hydrogen-bond acceptors (Lipinski definition) is 4. The zero-order chi connectivity index (χ0) is 17.2. The van der Waals surface area contributed by atoms with Crippen molar-refractivity contribution < 1.29 is 0 Å². The number of aromatic nitrogens is 4. The van der Waals surface area contributed by atoms with Gasteiger partial charge in [0.25, 0.3) is 0 Å². The summed E-state index contributed by atoms with van der Waals surface area (Å²) in [5.41, 5.74) is 3.65. The van der Waals surface area contributed by atoms with Crippen LogP contribution in [0.5, 0.6) is 0 Å². The number of nitrogens with one attached hydrogen (secondary N) is 1. The second-order valence-electron chi connectivity index (χ2n) is 6.72. The average molecular weight is 356 g/mol. The predicted molar refractivity (Wildman–Crippen MR) is 103 cm³/mol. The minimum atomic E-state index is 0.556. The Morgan fingerprint density at radius 1 is 1.36 bits per heavy atom. The lowest BCUT2D eigenvalue weighted by Crippen LogP contribution is -2.34. The Kier molecular flexibility index (Phi) is 4.81. The van der Waals surface area contributed by atoms with Crippen molar-refractivity contribution >= 4 is 22.8 Å². The van der Waals surface area contributed by atoms with Gasteiger partial charge in [-0.05, 0) is 50.8 Å². The number of H-pyrrole nitrogens is 1. The monoisotopic (exact) mass is 355 g/mol. The van der Waals surface area contributed by atoms with E-state index in [0.29, 0.717) is 5.92 Å². The molecule has 1 unspecified atom stereocenters. The van der Waals surface area contributed by atoms with E-state index in [9.17, 15) is 0 Å². The topological polar surface area (TPSA) is 49.7 Å². The fourth-order valence-electron chi connectivity index (χ4n) is 3.90. The molecule has 4 heterocycles. The number of fused-ring (bicyclic) bond motifs is 1. The van der Waals surface area contributed by atoms with Gasteiger partial charge in [0.2, 0.25) is 0 Å². The standard InChI is InChI=1S/C19H25N5S/c1-3-24-16(11-21-19(24)25-2)13-23-9-5-7-15(12-23)17-10-14-6-4-8-20-18(14)22-17/h4,6,8,10-11,15H,3,5,7,9,12-13H2,1-2H3,(H,20,22). The molecule has 5 nitrogen and oxygen atoms in total. The summed E-state index contributed by atoms with van der Waals surface area (Å²) < 4.78 is 2.33. The van der Waals surface area contributed by atoms with Crippen LogP contribution in [-0.2, 0) is 13.1 Å². The normalized spacial score (nSPS) is 18.9. The van der Waals surface area contributed by atoms with Crippen molar-refractivity contribution in [3.63, 3.8) is 0 Å². The first-order valence-electron chi connectivity index (χ1n) is 9.03. The summed E-state index contributed by atoms with van der Waals surface area (Å²) in [5, 5.41) is 2.33. The summed E-state index contributed by atoms with van der Waals surface area (Å²) in [6, 6.07) is 6.41. The van der Waals surface area contributed by atoms with Gasteiger partial charge in [-0.15, -0.1) is 0 Å². The molecule has 1 aliphatic rings. The smallest absolute Gasteiger partial charge is 0.167 e. The molecule has 1 atom stereocenters. The van der Waals surface area contributed by atoms with Crippen LogP contribution in [0.2, 0.25) is 0 Å². The van der Waals surface area contributed by atoms with Gasteiger partial charge in [-0.25, -0.2) is 9.97 Å². The van der Waals surface area contributed by atoms with Crippen LogP contribution in [0.15, 0.2) is 35.7 Å². The lowest BCUT2D eigenvalue weighted by Gasteiger charge is -2.32. The van der Waals surface area contributed by atoms with E-state index in [2.05, 4.69) is 49.7 Å². The molecule has 0 aliphatic carbocycles. The van der Waals surface area contributed by atoms with Crippen molar-refractivity contribution in [2.75, 3.05) is 19.3 Å². The summed E-state index contributed by atoms with van der Waals surface area (Å²) in [6.45, 7) is 6.42. The van der Waals surface area contributed by atoms with Crippen LogP contribution in [0.4, 0.5) is 0 Å². The van der Waals surface area contributed by atoms with Gasteiger partial charge in [-0.2, -0.15) is 0 Å². The van der Waals surface area contributed by atoms with E-state index in [4.69, 9.17) is 0 Å². The Balaban J connectivity index is 1.50. The first-order chi connectivity index (χ1) is 12.3. The van der Waals surface area contributed by atoms with Crippen LogP contribution in [0.3, 0.4) is 0 Å². The second kappa shape index (κ2) is 7.22. The molecular weight excluding hydrogens is 330 g/mol. The van der Waals surface area contributed by atoms with Gasteiger partial charge in [0.05, 0.1) is 11.9 Å². The maximum absolute atomic E-state index is 4.56. The third-order valence-corrected chi connectivity index (χ3v) is 5.83. The highest BCUT2D eigenvalue weighted by molar-refractivity contribution is 7.98. The van der Waals surface area contributed by atoms with Crippen LogP contribution in [-0.4, -0.2) is 43.8 Å². The SMILES string of the molecule is CCn1c(CN2CCCC(c3cc4cccnc4[nH]3)C2)cnc1SC. The minimum absolute atomic E-state index is 0.556. The van der Waals surface area contributed by atoms with Gasteiger partial charge in [0.1, 0.15) is 5.65 Å². The number of piperidine rings is 1. The molecule has 3 aromatic rings. The number of hydrogen-bond donors (Lipinski definition) is 1. The van der Waals surface area contributed by atoms with Crippen molar-refractivity contribution in [1.82, 2.24) is 24.4 Å². The van der Waals surface area contributed by atoms with E-state index in [0.717, 1.165) is 30.4 Å². The van der Waals surface area contributed by atoms with E-state index in [1.165, 1.54) is 36.2 Å². The Bertz CT molecular complexity index is 819. The molecule has 25 heavy (non-hydrogen) atoms. The molecule has 4 rings (SSSR count). The summed E-state index contributed by atoms with van der Waals surface area (Å²) in [4.78, 5) is 15.1. The Hall–Kier alpha value is -1.79. The predicted octanol–water partition coefficient (Wildman–Crippen LogP) is 3.88. The molecule has 3 aromatic heterocycles. The van der Waals surface area contributed by atoms with Gasteiger partial charge < -0.3 is 9.55 Å². The number of rotatable bonds is 5. The highest BCUT2D eigenvalue weighted by Gasteiger charge is 2.24. The molecule has 1 aliphatic heterocycles. The minimum Gasteiger partial charge on any atom is -0.343 e. The van der Waals surface area contributed by atoms with Crippen molar-refractivity contribution in [2.24, 2.45) is 0 Å². The molecule has 0 radical (unpaired) electrons. The Morgan fingerprint density at radius 3 is 3.08 bits per heavy atom. The van der Waals surface area contributed by atoms with Gasteiger partial charge in [-0.3, -0.25) is 4.90 Å². The van der Waals surface area contributed by atoms with Crippen LogP contribution in [0.25, 0.3) is 11.0 Å². The van der Waals surface area contributed by atoms with Crippen LogP contribution < -0.4 is 0 Å². The molecule has 1 saturated heterocycles. The first kappa shape index (κ1) is 16.7. The number of nitrogens with zero attached hydrogens (tertiary/aromatic N) is 4. The third-order valence-electron chi connectivity index (χ3n) is 5.14. The van der Waals surface area contributed by atoms with Gasteiger partial charge in [0, 0.05) is 42.8 Å². The first-order valence-corrected chi connectivity index (χ1v) is 10.3. The average Bonchev–Trinajstić information content (AvgIpc) is 3.25. The number of thioether (sulfide) groups is 1. The van der Waals surface area contributed by atoms with E-state index in [1.54, 1.807) is 11.8 Å². The van der Waals surface area contributed by atoms with Crippen molar-refractivity contribution in [1.29, 1.82) is 0 Å². The lowest BCUT2D eigenvalue weighted by molar-refractivity contribution is 0.194. The largest absolute Gasteiger partial charge is 0.343 e. The molecule has 0 saturated carbocycles. The van der Waals surface area contributed by atoms with Gasteiger partial charge >= 0.3 is 0 Å². The maximum Gasteiger partial charge on any atom is 0.167 e. The number of imidazole rings is 1. The lowest BCUT2D eigenvalue weighted by atomic mass is 9.94. The Labute approximate surface area is 152 Å². The number of pyridine rings is 1. The number of likely N-dealkylation sites (tertiary alicyclic amines) is 1. The molecule has 0 spiro atoms. The van der Waals surface area contributed by atoms with E-state index >= 15 is 0 Å². The van der Waals surface area contributed by atoms with E-state index in [-0.39, 0.29) is 0 Å². The van der Waals surface area contributed by atoms with Gasteiger partial charge in [0.15, 0.2) is 5.16 Å². The molecule has 132 valence electrons. The maximum atomic E-state index is 4.56. The molecule has 0 aromatic carbocycles. The highest BCUT2D eigenvalue weighted by Crippen LogP contribution is 2.29. The third kappa shape index (κ3) is 3.33. The zero-order valence-corrected chi connectivity index (χ0v) is 15.7.